The average Bonchev–Trinajstić information content (AvgIpc) is 1.84. The van der Waals surface area contributed by atoms with Crippen molar-refractivity contribution in [1.82, 2.24) is 0 Å². The summed E-state index contributed by atoms with van der Waals surface area (Å²) >= 11 is 0. The van der Waals surface area contributed by atoms with Gasteiger partial charge in [-0.05, 0) is 17.9 Å². The molecular formula is C9H10N2. The first-order valence-electron chi connectivity index (χ1n) is 3.57. The summed E-state index contributed by atoms with van der Waals surface area (Å²) < 4.78 is 0. The molecule has 0 saturated heterocycles. The quantitative estimate of drug-likeness (QED) is 0.540. The zero-order valence-corrected chi connectivity index (χ0v) is 6.70. The van der Waals surface area contributed by atoms with E-state index < -0.39 is 0 Å². The lowest BCUT2D eigenvalue weighted by Crippen LogP contribution is -1.89. The van der Waals surface area contributed by atoms with Crippen LogP contribution in [-0.4, -0.2) is 11.7 Å². The summed E-state index contributed by atoms with van der Waals surface area (Å²) in [4.78, 5) is 7.82. The van der Waals surface area contributed by atoms with Crippen molar-refractivity contribution in [2.75, 3.05) is 0 Å². The van der Waals surface area contributed by atoms with Crippen LogP contribution in [0.3, 0.4) is 0 Å². The van der Waals surface area contributed by atoms with Crippen LogP contribution < -0.4 is 0 Å². The van der Waals surface area contributed by atoms with Gasteiger partial charge < -0.3 is 0 Å². The predicted octanol–water partition coefficient (Wildman–Crippen LogP) is 1.95. The van der Waals surface area contributed by atoms with Crippen molar-refractivity contribution in [2.24, 2.45) is 15.9 Å². The van der Waals surface area contributed by atoms with Gasteiger partial charge in [-0.2, -0.15) is 0 Å². The minimum absolute atomic E-state index is 0.423. The molecule has 0 amide bonds. The Morgan fingerprint density at radius 3 is 2.91 bits per heavy atom. The number of allylic oxidation sites excluding steroid dienone is 3. The number of nitrogens with zero attached hydrogens (tertiary/aromatic N) is 2. The van der Waals surface area contributed by atoms with Gasteiger partial charge in [0.05, 0.1) is 11.9 Å². The van der Waals surface area contributed by atoms with E-state index in [1.165, 1.54) is 6.20 Å². The predicted molar refractivity (Wildman–Crippen MR) is 46.9 cm³/mol. The number of hydrogen-bond donors (Lipinski definition) is 0. The molecule has 0 N–H and O–H groups in total. The van der Waals surface area contributed by atoms with Crippen LogP contribution in [-0.2, 0) is 0 Å². The van der Waals surface area contributed by atoms with Gasteiger partial charge in [-0.1, -0.05) is 13.8 Å². The van der Waals surface area contributed by atoms with Crippen molar-refractivity contribution in [2.45, 2.75) is 13.8 Å². The molecule has 0 spiro atoms. The summed E-state index contributed by atoms with van der Waals surface area (Å²) in [6.45, 7) is 4.17. The van der Waals surface area contributed by atoms with Crippen molar-refractivity contribution in [1.29, 1.82) is 0 Å². The molecule has 0 aromatic heterocycles. The van der Waals surface area contributed by atoms with E-state index in [1.807, 2.05) is 6.08 Å². The zero-order valence-electron chi connectivity index (χ0n) is 6.70. The first-order valence-corrected chi connectivity index (χ1v) is 3.57. The summed E-state index contributed by atoms with van der Waals surface area (Å²) in [6.07, 6.45) is 5.16. The molecule has 0 aromatic carbocycles. The second-order valence-electron chi connectivity index (χ2n) is 2.54. The van der Waals surface area contributed by atoms with Crippen LogP contribution >= 0.6 is 0 Å². The topological polar surface area (TPSA) is 24.7 Å². The smallest absolute Gasteiger partial charge is 0.0981 e. The molecule has 1 aliphatic rings. The summed E-state index contributed by atoms with van der Waals surface area (Å²) in [5.41, 5.74) is 1.00. The maximum Gasteiger partial charge on any atom is 0.0981 e. The van der Waals surface area contributed by atoms with E-state index in [0.717, 1.165) is 5.70 Å². The number of rotatable bonds is 1. The Balaban J connectivity index is 2.98. The lowest BCUT2D eigenvalue weighted by molar-refractivity contribution is 0.760. The van der Waals surface area contributed by atoms with Crippen molar-refractivity contribution < 1.29 is 0 Å². The van der Waals surface area contributed by atoms with E-state index in [9.17, 15) is 0 Å². The summed E-state index contributed by atoms with van der Waals surface area (Å²) in [5, 5.41) is 0. The molecule has 0 fully saturated rings. The highest BCUT2D eigenvalue weighted by Gasteiger charge is 1.97. The largest absolute Gasteiger partial charge is 0.209 e. The maximum absolute atomic E-state index is 4.07. The van der Waals surface area contributed by atoms with Crippen LogP contribution in [0.5, 0.6) is 0 Å². The molecule has 56 valence electrons. The Labute approximate surface area is 66.4 Å². The van der Waals surface area contributed by atoms with Crippen LogP contribution in [0, 0.1) is 5.92 Å². The fraction of sp³-hybridized carbons (Fsp3) is 0.333. The van der Waals surface area contributed by atoms with Crippen molar-refractivity contribution in [3.05, 3.63) is 24.0 Å². The molecule has 2 heteroatoms. The van der Waals surface area contributed by atoms with Crippen LogP contribution in [0.1, 0.15) is 13.8 Å². The Morgan fingerprint density at radius 2 is 2.18 bits per heavy atom. The van der Waals surface area contributed by atoms with Crippen molar-refractivity contribution in [3.8, 4) is 0 Å². The number of hydrogen-bond acceptors (Lipinski definition) is 2. The Bertz CT molecular complexity index is 283. The van der Waals surface area contributed by atoms with Gasteiger partial charge in [0.1, 0.15) is 0 Å². The third kappa shape index (κ3) is 2.38. The molecule has 0 unspecified atom stereocenters. The molecule has 1 heterocycles. The molecule has 0 radical (unpaired) electrons. The molecule has 0 atom stereocenters. The lowest BCUT2D eigenvalue weighted by atomic mass is 10.1. The highest BCUT2D eigenvalue weighted by atomic mass is 14.7. The second kappa shape index (κ2) is 3.72. The van der Waals surface area contributed by atoms with E-state index in [0.29, 0.717) is 5.92 Å². The molecule has 0 aliphatic carbocycles. The van der Waals surface area contributed by atoms with Crippen molar-refractivity contribution >= 4 is 11.7 Å². The molecule has 11 heavy (non-hydrogen) atoms. The van der Waals surface area contributed by atoms with Gasteiger partial charge >= 0.3 is 0 Å². The molecule has 0 aromatic rings. The maximum atomic E-state index is 4.07. The third-order valence-corrected chi connectivity index (χ3v) is 1.31. The normalized spacial score (nSPS) is 15.0. The van der Waals surface area contributed by atoms with Gasteiger partial charge in [0, 0.05) is 11.9 Å². The first kappa shape index (κ1) is 7.74. The Kier molecular flexibility index (Phi) is 2.62. The molecule has 1 rings (SSSR count). The van der Waals surface area contributed by atoms with Gasteiger partial charge in [0.2, 0.25) is 0 Å². The van der Waals surface area contributed by atoms with Crippen LogP contribution in [0.4, 0.5) is 0 Å². The number of aliphatic imine (C=N–C) groups is 2. The first-order chi connectivity index (χ1) is 5.30. The minimum atomic E-state index is 0.423. The fourth-order valence-electron chi connectivity index (χ4n) is 0.694. The Hall–Kier alpha value is -1.36. The highest BCUT2D eigenvalue weighted by Crippen LogP contribution is 2.09. The summed E-state index contributed by atoms with van der Waals surface area (Å²) in [6, 6.07) is 0. The fourth-order valence-corrected chi connectivity index (χ4v) is 0.694. The van der Waals surface area contributed by atoms with Gasteiger partial charge in [-0.15, -0.1) is 0 Å². The standard InChI is InChI=1S/C9H10N2/c1-8(2)9-4-3-5-10-6-7-11-9/h3-4,6,8H,1-2H3. The van der Waals surface area contributed by atoms with E-state index >= 15 is 0 Å². The van der Waals surface area contributed by atoms with E-state index in [1.54, 1.807) is 6.08 Å². The Morgan fingerprint density at radius 1 is 1.36 bits per heavy atom. The molecule has 0 saturated carbocycles. The van der Waals surface area contributed by atoms with Gasteiger partial charge in [-0.3, -0.25) is 0 Å². The van der Waals surface area contributed by atoms with Gasteiger partial charge in [0.15, 0.2) is 0 Å². The zero-order chi connectivity index (χ0) is 8.10. The van der Waals surface area contributed by atoms with E-state index in [2.05, 4.69) is 35.6 Å². The van der Waals surface area contributed by atoms with Crippen LogP contribution in [0.25, 0.3) is 0 Å². The second-order valence-corrected chi connectivity index (χ2v) is 2.54. The lowest BCUT2D eigenvalue weighted by Gasteiger charge is -2.01. The minimum Gasteiger partial charge on any atom is -0.209 e. The molecular weight excluding hydrogens is 136 g/mol. The average molecular weight is 146 g/mol. The summed E-state index contributed by atoms with van der Waals surface area (Å²) in [5.74, 6) is 5.84. The van der Waals surface area contributed by atoms with Gasteiger partial charge in [-0.25, -0.2) is 9.98 Å². The molecule has 2 nitrogen and oxygen atoms in total. The monoisotopic (exact) mass is 146 g/mol. The van der Waals surface area contributed by atoms with Gasteiger partial charge in [0.25, 0.3) is 0 Å². The summed E-state index contributed by atoms with van der Waals surface area (Å²) in [7, 11) is 0. The van der Waals surface area contributed by atoms with Crippen LogP contribution in [0.15, 0.2) is 34.0 Å². The highest BCUT2D eigenvalue weighted by molar-refractivity contribution is 5.62. The van der Waals surface area contributed by atoms with Crippen LogP contribution in [0.2, 0.25) is 0 Å². The molecule has 0 bridgehead atoms. The molecule has 1 aliphatic heterocycles. The van der Waals surface area contributed by atoms with E-state index in [4.69, 9.17) is 0 Å². The third-order valence-electron chi connectivity index (χ3n) is 1.31. The van der Waals surface area contributed by atoms with E-state index in [-0.39, 0.29) is 0 Å². The van der Waals surface area contributed by atoms with Crippen molar-refractivity contribution in [3.63, 3.8) is 0 Å². The SMILES string of the molecule is CC(C)C1=CC=C=NC=C=N1.